The second-order valence-electron chi connectivity index (χ2n) is 3.87. The largest absolute Gasteiger partial charge is 0.309 e. The van der Waals surface area contributed by atoms with Crippen molar-refractivity contribution < 1.29 is 4.39 Å². The maximum absolute atomic E-state index is 13.9. The van der Waals surface area contributed by atoms with E-state index < -0.39 is 0 Å². The summed E-state index contributed by atoms with van der Waals surface area (Å²) in [6.45, 7) is 2.02. The number of halogens is 2. The maximum Gasteiger partial charge on any atom is 0.129 e. The molecule has 0 aliphatic carbocycles. The minimum absolute atomic E-state index is 0.199. The summed E-state index contributed by atoms with van der Waals surface area (Å²) < 4.78 is 13.9. The molecule has 17 heavy (non-hydrogen) atoms. The molecule has 90 valence electrons. The van der Waals surface area contributed by atoms with E-state index in [4.69, 9.17) is 11.6 Å². The minimum Gasteiger partial charge on any atom is -0.309 e. The van der Waals surface area contributed by atoms with Crippen LogP contribution in [0.4, 0.5) is 4.39 Å². The molecule has 1 aromatic carbocycles. The van der Waals surface area contributed by atoms with E-state index in [-0.39, 0.29) is 11.9 Å². The first kappa shape index (κ1) is 12.6. The van der Waals surface area contributed by atoms with Crippen LogP contribution in [0.3, 0.4) is 0 Å². The van der Waals surface area contributed by atoms with E-state index in [1.807, 2.05) is 19.4 Å². The lowest BCUT2D eigenvalue weighted by atomic mass is 9.98. The van der Waals surface area contributed by atoms with Gasteiger partial charge in [0.05, 0.1) is 6.04 Å². The molecule has 0 aliphatic rings. The molecule has 1 unspecified atom stereocenters. The minimum atomic E-state index is -0.276. The van der Waals surface area contributed by atoms with Crippen molar-refractivity contribution >= 4 is 22.9 Å². The van der Waals surface area contributed by atoms with Crippen LogP contribution in [-0.2, 0) is 0 Å². The van der Waals surface area contributed by atoms with Crippen molar-refractivity contribution in [3.8, 4) is 0 Å². The standard InChI is InChI=1S/C13H13ClFNS/c1-8-6-17-7-9(8)13(16-2)12-10(14)4-3-5-11(12)15/h3-7,13,16H,1-2H3. The lowest BCUT2D eigenvalue weighted by molar-refractivity contribution is 0.576. The second kappa shape index (κ2) is 5.17. The third-order valence-electron chi connectivity index (χ3n) is 2.78. The van der Waals surface area contributed by atoms with Crippen LogP contribution in [0, 0.1) is 12.7 Å². The first-order valence-electron chi connectivity index (χ1n) is 5.29. The molecule has 0 fully saturated rings. The Kier molecular flexibility index (Phi) is 3.82. The van der Waals surface area contributed by atoms with E-state index in [2.05, 4.69) is 10.7 Å². The summed E-state index contributed by atoms with van der Waals surface area (Å²) in [6.07, 6.45) is 0. The molecule has 0 saturated carbocycles. The summed E-state index contributed by atoms with van der Waals surface area (Å²) in [5.41, 5.74) is 2.73. The Morgan fingerprint density at radius 2 is 2.12 bits per heavy atom. The molecule has 1 nitrogen and oxygen atoms in total. The normalized spacial score (nSPS) is 12.7. The number of hydrogen-bond acceptors (Lipinski definition) is 2. The Labute approximate surface area is 109 Å². The van der Waals surface area contributed by atoms with Gasteiger partial charge in [-0.1, -0.05) is 17.7 Å². The lowest BCUT2D eigenvalue weighted by Crippen LogP contribution is -2.19. The van der Waals surface area contributed by atoms with Crippen molar-refractivity contribution in [2.75, 3.05) is 7.05 Å². The molecule has 1 aromatic heterocycles. The molecular formula is C13H13ClFNS. The topological polar surface area (TPSA) is 12.0 Å². The highest BCUT2D eigenvalue weighted by molar-refractivity contribution is 7.08. The van der Waals surface area contributed by atoms with E-state index in [0.717, 1.165) is 11.1 Å². The second-order valence-corrected chi connectivity index (χ2v) is 5.02. The predicted molar refractivity (Wildman–Crippen MR) is 71.4 cm³/mol. The smallest absolute Gasteiger partial charge is 0.129 e. The molecule has 1 heterocycles. The van der Waals surface area contributed by atoms with Gasteiger partial charge in [0.15, 0.2) is 0 Å². The molecule has 0 radical (unpaired) electrons. The highest BCUT2D eigenvalue weighted by atomic mass is 35.5. The molecule has 2 aromatic rings. The summed E-state index contributed by atoms with van der Waals surface area (Å²) in [5.74, 6) is -0.276. The summed E-state index contributed by atoms with van der Waals surface area (Å²) in [6, 6.07) is 4.57. The van der Waals surface area contributed by atoms with E-state index >= 15 is 0 Å². The zero-order valence-electron chi connectivity index (χ0n) is 9.63. The van der Waals surface area contributed by atoms with Crippen LogP contribution >= 0.6 is 22.9 Å². The van der Waals surface area contributed by atoms with Crippen LogP contribution in [-0.4, -0.2) is 7.05 Å². The van der Waals surface area contributed by atoms with Gasteiger partial charge in [0.25, 0.3) is 0 Å². The highest BCUT2D eigenvalue weighted by Gasteiger charge is 2.21. The molecule has 0 aliphatic heterocycles. The Morgan fingerprint density at radius 3 is 2.65 bits per heavy atom. The van der Waals surface area contributed by atoms with Gasteiger partial charge in [0.2, 0.25) is 0 Å². The average Bonchev–Trinajstić information content (AvgIpc) is 2.70. The summed E-state index contributed by atoms with van der Waals surface area (Å²) >= 11 is 7.71. The molecule has 2 rings (SSSR count). The number of nitrogens with one attached hydrogen (secondary N) is 1. The van der Waals surface area contributed by atoms with Gasteiger partial charge >= 0.3 is 0 Å². The summed E-state index contributed by atoms with van der Waals surface area (Å²) in [7, 11) is 1.81. The Bertz CT molecular complexity index is 504. The number of thiophene rings is 1. The van der Waals surface area contributed by atoms with Crippen molar-refractivity contribution in [1.29, 1.82) is 0 Å². The Balaban J connectivity index is 2.53. The van der Waals surface area contributed by atoms with Crippen LogP contribution in [0.2, 0.25) is 5.02 Å². The van der Waals surface area contributed by atoms with Gasteiger partial charge in [-0.2, -0.15) is 11.3 Å². The van der Waals surface area contributed by atoms with Crippen molar-refractivity contribution in [2.45, 2.75) is 13.0 Å². The van der Waals surface area contributed by atoms with Crippen LogP contribution in [0.25, 0.3) is 0 Å². The van der Waals surface area contributed by atoms with E-state index in [0.29, 0.717) is 10.6 Å². The highest BCUT2D eigenvalue weighted by Crippen LogP contribution is 2.33. The van der Waals surface area contributed by atoms with Crippen molar-refractivity contribution in [3.63, 3.8) is 0 Å². The molecule has 0 spiro atoms. The molecule has 0 saturated heterocycles. The number of benzene rings is 1. The van der Waals surface area contributed by atoms with Gasteiger partial charge < -0.3 is 5.32 Å². The zero-order chi connectivity index (χ0) is 12.4. The van der Waals surface area contributed by atoms with Gasteiger partial charge in [-0.25, -0.2) is 4.39 Å². The SMILES string of the molecule is CNC(c1cscc1C)c1c(F)cccc1Cl. The average molecular weight is 270 g/mol. The maximum atomic E-state index is 13.9. The number of hydrogen-bond donors (Lipinski definition) is 1. The fourth-order valence-corrected chi connectivity index (χ4v) is 3.06. The van der Waals surface area contributed by atoms with Gasteiger partial charge in [0.1, 0.15) is 5.82 Å². The number of aryl methyl sites for hydroxylation is 1. The molecule has 1 atom stereocenters. The van der Waals surface area contributed by atoms with Crippen LogP contribution in [0.5, 0.6) is 0 Å². The third-order valence-corrected chi connectivity index (χ3v) is 3.99. The quantitative estimate of drug-likeness (QED) is 0.882. The molecule has 1 N–H and O–H groups in total. The van der Waals surface area contributed by atoms with Gasteiger partial charge in [-0.05, 0) is 48.0 Å². The summed E-state index contributed by atoms with van der Waals surface area (Å²) in [4.78, 5) is 0. The van der Waals surface area contributed by atoms with Crippen molar-refractivity contribution in [1.82, 2.24) is 5.32 Å². The summed E-state index contributed by atoms with van der Waals surface area (Å²) in [5, 5.41) is 7.66. The van der Waals surface area contributed by atoms with Crippen LogP contribution in [0.15, 0.2) is 29.0 Å². The first-order chi connectivity index (χ1) is 8.15. The van der Waals surface area contributed by atoms with E-state index in [9.17, 15) is 4.39 Å². The monoisotopic (exact) mass is 269 g/mol. The fraction of sp³-hybridized carbons (Fsp3) is 0.231. The Morgan fingerprint density at radius 1 is 1.35 bits per heavy atom. The lowest BCUT2D eigenvalue weighted by Gasteiger charge is -2.19. The van der Waals surface area contributed by atoms with Gasteiger partial charge in [-0.3, -0.25) is 0 Å². The molecular weight excluding hydrogens is 257 g/mol. The molecule has 0 bridgehead atoms. The van der Waals surface area contributed by atoms with Crippen LogP contribution in [0.1, 0.15) is 22.7 Å². The van der Waals surface area contributed by atoms with E-state index in [1.54, 1.807) is 23.5 Å². The van der Waals surface area contributed by atoms with Crippen LogP contribution < -0.4 is 5.32 Å². The third kappa shape index (κ3) is 2.37. The van der Waals surface area contributed by atoms with Gasteiger partial charge in [0, 0.05) is 10.6 Å². The van der Waals surface area contributed by atoms with E-state index in [1.165, 1.54) is 6.07 Å². The van der Waals surface area contributed by atoms with Crippen molar-refractivity contribution in [3.05, 3.63) is 56.5 Å². The fourth-order valence-electron chi connectivity index (χ4n) is 1.91. The van der Waals surface area contributed by atoms with Gasteiger partial charge in [-0.15, -0.1) is 0 Å². The first-order valence-corrected chi connectivity index (χ1v) is 6.61. The zero-order valence-corrected chi connectivity index (χ0v) is 11.2. The van der Waals surface area contributed by atoms with Crippen molar-refractivity contribution in [2.24, 2.45) is 0 Å². The number of rotatable bonds is 3. The molecule has 0 amide bonds. The predicted octanol–water partition coefficient (Wildman–Crippen LogP) is 4.16. The molecule has 4 heteroatoms. The Hall–Kier alpha value is -0.900.